The van der Waals surface area contributed by atoms with E-state index in [0.717, 1.165) is 5.69 Å². The van der Waals surface area contributed by atoms with Crippen molar-refractivity contribution in [2.24, 2.45) is 10.7 Å². The van der Waals surface area contributed by atoms with E-state index in [1.54, 1.807) is 38.5 Å². The largest absolute Gasteiger partial charge is 0.493 e. The van der Waals surface area contributed by atoms with Gasteiger partial charge in [0, 0.05) is 11.8 Å². The van der Waals surface area contributed by atoms with Crippen LogP contribution in [0.25, 0.3) is 0 Å². The molecule has 0 saturated carbocycles. The summed E-state index contributed by atoms with van der Waals surface area (Å²) in [6.45, 7) is 0.773. The third-order valence-electron chi connectivity index (χ3n) is 3.12. The van der Waals surface area contributed by atoms with Gasteiger partial charge < -0.3 is 25.3 Å². The van der Waals surface area contributed by atoms with Crippen LogP contribution in [0.15, 0.2) is 47.5 Å². The Labute approximate surface area is 169 Å². The van der Waals surface area contributed by atoms with Crippen LogP contribution in [-0.2, 0) is 0 Å². The van der Waals surface area contributed by atoms with Crippen molar-refractivity contribution < 1.29 is 14.2 Å². The van der Waals surface area contributed by atoms with Crippen LogP contribution in [-0.4, -0.2) is 33.3 Å². The van der Waals surface area contributed by atoms with Crippen LogP contribution >= 0.6 is 35.6 Å². The molecule has 0 aromatic heterocycles. The predicted octanol–water partition coefficient (Wildman–Crippen LogP) is 3.78. The Balaban J connectivity index is 0.00000312. The van der Waals surface area contributed by atoms with E-state index < -0.39 is 0 Å². The summed E-state index contributed by atoms with van der Waals surface area (Å²) in [5, 5.41) is 3.56. The first-order valence-electron chi connectivity index (χ1n) is 7.30. The first kappa shape index (κ1) is 21.2. The molecule has 0 amide bonds. The molecule has 136 valence electrons. The number of para-hydroxylation sites is 1. The smallest absolute Gasteiger partial charge is 0.193 e. The molecule has 3 N–H and O–H groups in total. The van der Waals surface area contributed by atoms with Crippen molar-refractivity contribution in [1.82, 2.24) is 0 Å². The maximum atomic E-state index is 6.01. The molecule has 0 atom stereocenters. The Morgan fingerprint density at radius 2 is 1.80 bits per heavy atom. The maximum Gasteiger partial charge on any atom is 0.193 e. The second-order valence-corrected chi connectivity index (χ2v) is 5.15. The molecule has 0 aliphatic carbocycles. The molecule has 2 aromatic carbocycles. The number of nitrogens with one attached hydrogen (secondary N) is 1. The van der Waals surface area contributed by atoms with Crippen LogP contribution < -0.4 is 25.3 Å². The molecular formula is C17H21ClIN3O3. The zero-order valence-corrected chi connectivity index (χ0v) is 17.1. The molecule has 8 heteroatoms. The van der Waals surface area contributed by atoms with Crippen LogP contribution in [0.5, 0.6) is 17.2 Å². The number of hydrogen-bond donors (Lipinski definition) is 2. The molecule has 0 saturated heterocycles. The quantitative estimate of drug-likeness (QED) is 0.275. The highest BCUT2D eigenvalue weighted by Gasteiger charge is 2.05. The van der Waals surface area contributed by atoms with Crippen LogP contribution in [0.1, 0.15) is 0 Å². The number of methoxy groups -OCH3 is 2. The van der Waals surface area contributed by atoms with E-state index >= 15 is 0 Å². The van der Waals surface area contributed by atoms with Crippen LogP contribution in [0, 0.1) is 0 Å². The molecule has 0 fully saturated rings. The summed E-state index contributed by atoms with van der Waals surface area (Å²) in [6, 6.07) is 12.7. The van der Waals surface area contributed by atoms with Crippen LogP contribution in [0.4, 0.5) is 5.69 Å². The van der Waals surface area contributed by atoms with Crippen molar-refractivity contribution >= 4 is 47.2 Å². The lowest BCUT2D eigenvalue weighted by Gasteiger charge is -2.11. The fraction of sp³-hybridized carbons (Fsp3) is 0.235. The van der Waals surface area contributed by atoms with Crippen molar-refractivity contribution in [2.75, 3.05) is 32.7 Å². The molecule has 0 unspecified atom stereocenters. The molecule has 2 aromatic rings. The second kappa shape index (κ2) is 10.9. The highest BCUT2D eigenvalue weighted by molar-refractivity contribution is 14.0. The molecule has 0 aliphatic heterocycles. The van der Waals surface area contributed by atoms with Gasteiger partial charge in [0.1, 0.15) is 12.4 Å². The van der Waals surface area contributed by atoms with Crippen molar-refractivity contribution in [3.05, 3.63) is 47.5 Å². The third kappa shape index (κ3) is 6.50. The Kier molecular flexibility index (Phi) is 9.22. The first-order chi connectivity index (χ1) is 11.6. The van der Waals surface area contributed by atoms with Gasteiger partial charge in [-0.1, -0.05) is 23.7 Å². The summed E-state index contributed by atoms with van der Waals surface area (Å²) in [6.07, 6.45) is 0. The molecule has 2 rings (SSSR count). The Bertz CT molecular complexity index is 713. The number of anilines is 1. The van der Waals surface area contributed by atoms with Crippen molar-refractivity contribution in [3.63, 3.8) is 0 Å². The normalized spacial score (nSPS) is 10.6. The monoisotopic (exact) mass is 477 g/mol. The van der Waals surface area contributed by atoms with Gasteiger partial charge in [-0.05, 0) is 24.3 Å². The molecular weight excluding hydrogens is 457 g/mol. The van der Waals surface area contributed by atoms with E-state index in [9.17, 15) is 0 Å². The average molecular weight is 478 g/mol. The number of nitrogens with two attached hydrogens (primary N) is 1. The number of nitrogens with zero attached hydrogens (tertiary/aromatic N) is 1. The topological polar surface area (TPSA) is 78.1 Å². The SMILES string of the molecule is COc1ccc(NC(N)=NCCOc2ccccc2Cl)cc1OC.I. The summed E-state index contributed by atoms with van der Waals surface area (Å²) in [7, 11) is 3.16. The van der Waals surface area contributed by atoms with Gasteiger partial charge in [0.2, 0.25) is 0 Å². The summed E-state index contributed by atoms with van der Waals surface area (Å²) < 4.78 is 16.0. The van der Waals surface area contributed by atoms with Gasteiger partial charge in [0.05, 0.1) is 25.8 Å². The van der Waals surface area contributed by atoms with Gasteiger partial charge in [-0.2, -0.15) is 0 Å². The van der Waals surface area contributed by atoms with Crippen molar-refractivity contribution in [1.29, 1.82) is 0 Å². The van der Waals surface area contributed by atoms with Gasteiger partial charge in [0.25, 0.3) is 0 Å². The van der Waals surface area contributed by atoms with Gasteiger partial charge in [0.15, 0.2) is 17.5 Å². The van der Waals surface area contributed by atoms with Crippen molar-refractivity contribution in [2.45, 2.75) is 0 Å². The minimum atomic E-state index is 0. The zero-order valence-electron chi connectivity index (χ0n) is 14.0. The first-order valence-corrected chi connectivity index (χ1v) is 7.68. The van der Waals surface area contributed by atoms with E-state index in [-0.39, 0.29) is 29.9 Å². The lowest BCUT2D eigenvalue weighted by Crippen LogP contribution is -2.23. The lowest BCUT2D eigenvalue weighted by atomic mass is 10.3. The lowest BCUT2D eigenvalue weighted by molar-refractivity contribution is 0.329. The summed E-state index contributed by atoms with van der Waals surface area (Å²) in [5.41, 5.74) is 6.61. The van der Waals surface area contributed by atoms with E-state index in [2.05, 4.69) is 10.3 Å². The van der Waals surface area contributed by atoms with Crippen LogP contribution in [0.3, 0.4) is 0 Å². The molecule has 0 bridgehead atoms. The number of hydrogen-bond acceptors (Lipinski definition) is 4. The molecule has 6 nitrogen and oxygen atoms in total. The Morgan fingerprint density at radius 1 is 1.08 bits per heavy atom. The van der Waals surface area contributed by atoms with E-state index in [4.69, 9.17) is 31.5 Å². The predicted molar refractivity (Wildman–Crippen MR) is 112 cm³/mol. The highest BCUT2D eigenvalue weighted by atomic mass is 127. The number of benzene rings is 2. The van der Waals surface area contributed by atoms with Gasteiger partial charge >= 0.3 is 0 Å². The van der Waals surface area contributed by atoms with Crippen molar-refractivity contribution in [3.8, 4) is 17.2 Å². The summed E-state index contributed by atoms with van der Waals surface area (Å²) >= 11 is 6.01. The van der Waals surface area contributed by atoms with E-state index in [0.29, 0.717) is 35.4 Å². The third-order valence-corrected chi connectivity index (χ3v) is 3.44. The molecule has 0 aliphatic rings. The number of ether oxygens (including phenoxy) is 3. The van der Waals surface area contributed by atoms with Gasteiger partial charge in [-0.25, -0.2) is 4.99 Å². The van der Waals surface area contributed by atoms with Crippen LogP contribution in [0.2, 0.25) is 5.02 Å². The Hall–Kier alpha value is -1.87. The average Bonchev–Trinajstić information content (AvgIpc) is 2.60. The minimum absolute atomic E-state index is 0. The fourth-order valence-corrected chi connectivity index (χ4v) is 2.18. The molecule has 0 radical (unpaired) electrons. The summed E-state index contributed by atoms with van der Waals surface area (Å²) in [5.74, 6) is 2.16. The Morgan fingerprint density at radius 3 is 2.48 bits per heavy atom. The zero-order chi connectivity index (χ0) is 17.4. The molecule has 25 heavy (non-hydrogen) atoms. The summed E-state index contributed by atoms with van der Waals surface area (Å²) in [4.78, 5) is 4.21. The number of halogens is 2. The standard InChI is InChI=1S/C17H20ClN3O3.HI/c1-22-15-8-7-12(11-16(15)23-2)21-17(19)20-9-10-24-14-6-4-3-5-13(14)18;/h3-8,11H,9-10H2,1-2H3,(H3,19,20,21);1H. The van der Waals surface area contributed by atoms with E-state index in [1.807, 2.05) is 18.2 Å². The number of rotatable bonds is 7. The highest BCUT2D eigenvalue weighted by Crippen LogP contribution is 2.29. The number of guanidine groups is 1. The van der Waals surface area contributed by atoms with E-state index in [1.165, 1.54) is 0 Å². The molecule has 0 spiro atoms. The number of aliphatic imine (C=N–C) groups is 1. The maximum absolute atomic E-state index is 6.01. The van der Waals surface area contributed by atoms with Gasteiger partial charge in [-0.15, -0.1) is 24.0 Å². The van der Waals surface area contributed by atoms with Gasteiger partial charge in [-0.3, -0.25) is 0 Å². The fourth-order valence-electron chi connectivity index (χ4n) is 1.98. The minimum Gasteiger partial charge on any atom is -0.493 e. The second-order valence-electron chi connectivity index (χ2n) is 4.74. The molecule has 0 heterocycles.